The summed E-state index contributed by atoms with van der Waals surface area (Å²) < 4.78 is 29.1. The van der Waals surface area contributed by atoms with E-state index in [0.29, 0.717) is 25.2 Å². The smallest absolute Gasteiger partial charge is 0.377 e. The molecule has 2 bridgehead atoms. The van der Waals surface area contributed by atoms with Gasteiger partial charge in [0.05, 0.1) is 6.04 Å². The number of allylic oxidation sites excluding steroid dienone is 1. The van der Waals surface area contributed by atoms with Gasteiger partial charge in [-0.2, -0.15) is 0 Å². The van der Waals surface area contributed by atoms with Crippen LogP contribution in [0.5, 0.6) is 0 Å². The lowest BCUT2D eigenvalue weighted by Gasteiger charge is -2.44. The van der Waals surface area contributed by atoms with E-state index in [9.17, 15) is 13.8 Å². The molecule has 0 aromatic carbocycles. The zero-order valence-electron chi connectivity index (χ0n) is 15.4. The predicted molar refractivity (Wildman–Crippen MR) is 104 cm³/mol. The van der Waals surface area contributed by atoms with Crippen LogP contribution in [0.4, 0.5) is 14.6 Å². The van der Waals surface area contributed by atoms with Gasteiger partial charge in [0.1, 0.15) is 0 Å². The van der Waals surface area contributed by atoms with Crippen molar-refractivity contribution in [3.8, 4) is 0 Å². The molecule has 0 amide bonds. The summed E-state index contributed by atoms with van der Waals surface area (Å²) >= 11 is 5.99. The van der Waals surface area contributed by atoms with Gasteiger partial charge >= 0.3 is 7.05 Å². The summed E-state index contributed by atoms with van der Waals surface area (Å²) in [5.74, 6) is -2.19. The van der Waals surface area contributed by atoms with Crippen LogP contribution in [0.15, 0.2) is 31.4 Å². The maximum atomic E-state index is 14.5. The van der Waals surface area contributed by atoms with Crippen LogP contribution in [0.3, 0.4) is 0 Å². The molecule has 2 fully saturated rings. The van der Waals surface area contributed by atoms with Crippen LogP contribution in [-0.2, 0) is 6.42 Å². The average molecular weight is 397 g/mol. The molecule has 146 valence electrons. The summed E-state index contributed by atoms with van der Waals surface area (Å²) in [4.78, 5) is 3.54. The van der Waals surface area contributed by atoms with E-state index in [1.807, 2.05) is 4.90 Å². The van der Waals surface area contributed by atoms with E-state index in [0.717, 1.165) is 5.56 Å². The topological polar surface area (TPSA) is 52.5 Å². The number of rotatable bonds is 7. The molecule has 2 aliphatic rings. The number of fused-ring (bicyclic) bond motifs is 2. The van der Waals surface area contributed by atoms with Crippen LogP contribution in [0.1, 0.15) is 24.8 Å². The average Bonchev–Trinajstić information content (AvgIpc) is 2.75. The highest BCUT2D eigenvalue weighted by molar-refractivity contribution is 6.45. The maximum Gasteiger partial charge on any atom is 0.377 e. The largest absolute Gasteiger partial charge is 0.437 e. The number of piperidine rings is 1. The summed E-state index contributed by atoms with van der Waals surface area (Å²) in [6.07, 6.45) is 4.55. The SMILES string of the molecule is C=CCc1cc(Cl)nnc1N(CC=C)[C@@H]1CC2CC(F)(F)C(C1)N2B(C)O. The molecule has 1 aromatic heterocycles. The molecule has 2 unspecified atom stereocenters. The van der Waals surface area contributed by atoms with Crippen molar-refractivity contribution in [3.63, 3.8) is 0 Å². The monoisotopic (exact) mass is 396 g/mol. The van der Waals surface area contributed by atoms with Crippen molar-refractivity contribution in [2.45, 2.75) is 56.6 Å². The Morgan fingerprint density at radius 2 is 2.15 bits per heavy atom. The van der Waals surface area contributed by atoms with E-state index in [1.54, 1.807) is 29.9 Å². The fourth-order valence-electron chi connectivity index (χ4n) is 4.51. The van der Waals surface area contributed by atoms with Crippen LogP contribution in [-0.4, -0.2) is 57.7 Å². The number of nitrogens with zero attached hydrogens (tertiary/aromatic N) is 4. The standard InChI is InChI=1S/C18H24BClF2N4O/c1-4-6-12-8-16(20)23-24-17(12)25(7-5-2)13-9-14-11-18(21,22)15(10-13)26(14)19(3)27/h4-5,8,13-15,27H,1-2,6-7,9-11H2,3H3/t13-,14?,15?/m1/s1. The Morgan fingerprint density at radius 1 is 1.41 bits per heavy atom. The molecule has 1 N–H and O–H groups in total. The van der Waals surface area contributed by atoms with E-state index < -0.39 is 19.0 Å². The van der Waals surface area contributed by atoms with E-state index in [1.165, 1.54) is 0 Å². The summed E-state index contributed by atoms with van der Waals surface area (Å²) in [5.41, 5.74) is 0.851. The number of alkyl halides is 2. The van der Waals surface area contributed by atoms with Crippen LogP contribution in [0.25, 0.3) is 0 Å². The molecule has 0 saturated carbocycles. The van der Waals surface area contributed by atoms with E-state index >= 15 is 0 Å². The number of anilines is 1. The summed E-state index contributed by atoms with van der Waals surface area (Å²) in [7, 11) is -0.895. The van der Waals surface area contributed by atoms with Gasteiger partial charge in [-0.25, -0.2) is 8.78 Å². The third kappa shape index (κ3) is 3.88. The molecule has 2 aliphatic heterocycles. The molecular formula is C18H24BClF2N4O. The van der Waals surface area contributed by atoms with Crippen LogP contribution < -0.4 is 4.90 Å². The Hall–Kier alpha value is -1.51. The Balaban J connectivity index is 1.94. The van der Waals surface area contributed by atoms with Gasteiger partial charge in [-0.3, -0.25) is 0 Å². The fourth-order valence-corrected chi connectivity index (χ4v) is 4.68. The molecule has 3 atom stereocenters. The Bertz CT molecular complexity index is 721. The first-order valence-corrected chi connectivity index (χ1v) is 9.50. The molecule has 0 spiro atoms. The van der Waals surface area contributed by atoms with Gasteiger partial charge in [0, 0.05) is 30.6 Å². The zero-order valence-corrected chi connectivity index (χ0v) is 16.1. The molecular weight excluding hydrogens is 372 g/mol. The Labute approximate surface area is 163 Å². The Morgan fingerprint density at radius 3 is 2.74 bits per heavy atom. The van der Waals surface area contributed by atoms with E-state index in [2.05, 4.69) is 23.4 Å². The van der Waals surface area contributed by atoms with Crippen molar-refractivity contribution in [2.24, 2.45) is 0 Å². The molecule has 5 nitrogen and oxygen atoms in total. The lowest BCUT2D eigenvalue weighted by Crippen LogP contribution is -2.57. The second-order valence-corrected chi connectivity index (χ2v) is 7.68. The first kappa shape index (κ1) is 20.2. The molecule has 9 heteroatoms. The fraction of sp³-hybridized carbons (Fsp3) is 0.556. The minimum atomic E-state index is -2.81. The first-order valence-electron chi connectivity index (χ1n) is 9.12. The van der Waals surface area contributed by atoms with Crippen LogP contribution in [0, 0.1) is 0 Å². The van der Waals surface area contributed by atoms with Gasteiger partial charge in [0.15, 0.2) is 11.0 Å². The van der Waals surface area contributed by atoms with Gasteiger partial charge in [-0.1, -0.05) is 23.8 Å². The highest BCUT2D eigenvalue weighted by Gasteiger charge is 2.59. The predicted octanol–water partition coefficient (Wildman–Crippen LogP) is 3.20. The number of hydrogen-bond donors (Lipinski definition) is 1. The van der Waals surface area contributed by atoms with Crippen molar-refractivity contribution in [1.29, 1.82) is 0 Å². The molecule has 3 rings (SSSR count). The summed E-state index contributed by atoms with van der Waals surface area (Å²) in [6, 6.07) is 0.215. The summed E-state index contributed by atoms with van der Waals surface area (Å²) in [5, 5.41) is 18.5. The highest BCUT2D eigenvalue weighted by atomic mass is 35.5. The number of aromatic nitrogens is 2. The quantitative estimate of drug-likeness (QED) is 0.566. The van der Waals surface area contributed by atoms with E-state index in [-0.39, 0.29) is 30.1 Å². The van der Waals surface area contributed by atoms with Crippen LogP contribution in [0.2, 0.25) is 12.0 Å². The molecule has 3 heterocycles. The van der Waals surface area contributed by atoms with E-state index in [4.69, 9.17) is 11.6 Å². The molecule has 0 radical (unpaired) electrons. The van der Waals surface area contributed by atoms with Gasteiger partial charge in [-0.05, 0) is 32.2 Å². The summed E-state index contributed by atoms with van der Waals surface area (Å²) in [6.45, 7) is 9.58. The van der Waals surface area contributed by atoms with Crippen LogP contribution >= 0.6 is 11.6 Å². The first-order chi connectivity index (χ1) is 12.8. The normalized spacial score (nSPS) is 26.6. The number of hydrogen-bond acceptors (Lipinski definition) is 5. The van der Waals surface area contributed by atoms with Crippen molar-refractivity contribution in [2.75, 3.05) is 11.4 Å². The second-order valence-electron chi connectivity index (χ2n) is 7.29. The van der Waals surface area contributed by atoms with Crippen molar-refractivity contribution in [3.05, 3.63) is 42.1 Å². The van der Waals surface area contributed by atoms with Crippen molar-refractivity contribution in [1.82, 2.24) is 15.0 Å². The molecule has 1 aromatic rings. The zero-order chi connectivity index (χ0) is 19.8. The molecule has 0 aliphatic carbocycles. The van der Waals surface area contributed by atoms with Gasteiger partial charge < -0.3 is 14.7 Å². The maximum absolute atomic E-state index is 14.5. The lowest BCUT2D eigenvalue weighted by molar-refractivity contribution is -0.0283. The molecule has 27 heavy (non-hydrogen) atoms. The Kier molecular flexibility index (Phi) is 5.89. The second kappa shape index (κ2) is 7.85. The van der Waals surface area contributed by atoms with Gasteiger partial charge in [-0.15, -0.1) is 23.4 Å². The third-order valence-electron chi connectivity index (χ3n) is 5.47. The number of halogens is 3. The van der Waals surface area contributed by atoms with Crippen molar-refractivity contribution < 1.29 is 13.8 Å². The molecule has 2 saturated heterocycles. The van der Waals surface area contributed by atoms with Gasteiger partial charge in [0.2, 0.25) is 0 Å². The van der Waals surface area contributed by atoms with Gasteiger partial charge in [0.25, 0.3) is 5.92 Å². The minimum absolute atomic E-state index is 0.152. The minimum Gasteiger partial charge on any atom is -0.437 e. The highest BCUT2D eigenvalue weighted by Crippen LogP contribution is 2.47. The third-order valence-corrected chi connectivity index (χ3v) is 5.66. The van der Waals surface area contributed by atoms with Crippen molar-refractivity contribution >= 4 is 24.5 Å². The lowest BCUT2D eigenvalue weighted by atomic mass is 9.78.